The van der Waals surface area contributed by atoms with Gasteiger partial charge in [0.15, 0.2) is 6.10 Å². The molecule has 1 aromatic carbocycles. The molecule has 1 N–H and O–H groups in total. The number of rotatable bonds is 7. The van der Waals surface area contributed by atoms with Crippen LogP contribution in [0.25, 0.3) is 0 Å². The Bertz CT molecular complexity index is 829. The van der Waals surface area contributed by atoms with E-state index in [1.807, 2.05) is 27.7 Å². The van der Waals surface area contributed by atoms with Crippen molar-refractivity contribution in [2.24, 2.45) is 5.92 Å². The number of esters is 1. The Kier molecular flexibility index (Phi) is 7.79. The Labute approximate surface area is 172 Å². The van der Waals surface area contributed by atoms with E-state index in [1.54, 1.807) is 0 Å². The smallest absolute Gasteiger partial charge is 0.338 e. The molecule has 3 atom stereocenters. The summed E-state index contributed by atoms with van der Waals surface area (Å²) in [4.78, 5) is 24.4. The van der Waals surface area contributed by atoms with E-state index in [9.17, 15) is 18.0 Å². The van der Waals surface area contributed by atoms with Crippen LogP contribution in [-0.2, 0) is 24.3 Å². The van der Waals surface area contributed by atoms with Gasteiger partial charge in [-0.05, 0) is 44.9 Å². The first kappa shape index (κ1) is 23.3. The second-order valence-electron chi connectivity index (χ2n) is 7.79. The van der Waals surface area contributed by atoms with Gasteiger partial charge in [0.1, 0.15) is 0 Å². The van der Waals surface area contributed by atoms with Crippen LogP contribution >= 0.6 is 0 Å². The number of benzene rings is 1. The molecule has 1 heterocycles. The van der Waals surface area contributed by atoms with Crippen molar-refractivity contribution >= 4 is 21.9 Å². The number of hydrogen-bond donors (Lipinski definition) is 1. The van der Waals surface area contributed by atoms with Crippen molar-refractivity contribution in [1.29, 1.82) is 0 Å². The highest BCUT2D eigenvalue weighted by atomic mass is 32.2. The lowest BCUT2D eigenvalue weighted by atomic mass is 10.2. The van der Waals surface area contributed by atoms with Crippen LogP contribution in [0.1, 0.15) is 45.0 Å². The minimum absolute atomic E-state index is 0.00478. The summed E-state index contributed by atoms with van der Waals surface area (Å²) in [5, 5.41) is 2.70. The Balaban J connectivity index is 2.12. The van der Waals surface area contributed by atoms with E-state index in [0.717, 1.165) is 0 Å². The molecule has 1 aliphatic rings. The highest BCUT2D eigenvalue weighted by molar-refractivity contribution is 7.89. The average Bonchev–Trinajstić information content (AvgIpc) is 2.65. The second kappa shape index (κ2) is 9.69. The Morgan fingerprint density at radius 2 is 1.83 bits per heavy atom. The van der Waals surface area contributed by atoms with Crippen molar-refractivity contribution in [2.45, 2.75) is 57.8 Å². The lowest BCUT2D eigenvalue weighted by Gasteiger charge is -2.34. The lowest BCUT2D eigenvalue weighted by Crippen LogP contribution is -2.48. The van der Waals surface area contributed by atoms with Crippen molar-refractivity contribution in [1.82, 2.24) is 9.62 Å². The van der Waals surface area contributed by atoms with Gasteiger partial charge >= 0.3 is 5.97 Å². The Morgan fingerprint density at radius 3 is 2.41 bits per heavy atom. The Morgan fingerprint density at radius 1 is 1.21 bits per heavy atom. The molecule has 1 fully saturated rings. The molecule has 9 heteroatoms. The molecule has 1 saturated heterocycles. The highest BCUT2D eigenvalue weighted by Crippen LogP contribution is 2.22. The second-order valence-corrected chi connectivity index (χ2v) is 9.73. The quantitative estimate of drug-likeness (QED) is 0.667. The van der Waals surface area contributed by atoms with Crippen molar-refractivity contribution in [3.63, 3.8) is 0 Å². The average molecular weight is 427 g/mol. The maximum Gasteiger partial charge on any atom is 0.338 e. The van der Waals surface area contributed by atoms with Crippen LogP contribution in [0.4, 0.5) is 0 Å². The van der Waals surface area contributed by atoms with Crippen LogP contribution < -0.4 is 5.32 Å². The molecule has 29 heavy (non-hydrogen) atoms. The third-order valence-electron chi connectivity index (χ3n) is 4.43. The van der Waals surface area contributed by atoms with Gasteiger partial charge < -0.3 is 14.8 Å². The molecule has 0 saturated carbocycles. The molecular weight excluding hydrogens is 396 g/mol. The normalized spacial score (nSPS) is 21.6. The van der Waals surface area contributed by atoms with Crippen molar-refractivity contribution in [3.8, 4) is 0 Å². The van der Waals surface area contributed by atoms with E-state index in [-0.39, 0.29) is 41.7 Å². The number of nitrogens with one attached hydrogen (secondary N) is 1. The van der Waals surface area contributed by atoms with Gasteiger partial charge in [-0.2, -0.15) is 4.31 Å². The molecule has 0 unspecified atom stereocenters. The molecule has 0 aliphatic carbocycles. The summed E-state index contributed by atoms with van der Waals surface area (Å²) in [6.07, 6.45) is -1.42. The summed E-state index contributed by atoms with van der Waals surface area (Å²) in [6, 6.07) is 5.67. The van der Waals surface area contributed by atoms with Gasteiger partial charge in [-0.3, -0.25) is 4.79 Å². The zero-order valence-corrected chi connectivity index (χ0v) is 18.4. The van der Waals surface area contributed by atoms with E-state index < -0.39 is 28.0 Å². The van der Waals surface area contributed by atoms with Crippen molar-refractivity contribution in [3.05, 3.63) is 29.8 Å². The third kappa shape index (κ3) is 6.25. The van der Waals surface area contributed by atoms with E-state index in [1.165, 1.54) is 35.5 Å². The number of carbonyl (C=O) groups excluding carboxylic acids is 2. The number of morpholine rings is 1. The Hall–Kier alpha value is -1.97. The SMILES string of the molecule is CC(C)CNC(=O)[C@H](C)OC(=O)c1cccc(S(=O)(=O)N2C[C@H](C)O[C@@H](C)C2)c1. The number of amides is 1. The summed E-state index contributed by atoms with van der Waals surface area (Å²) < 4.78 is 38.1. The molecule has 1 aliphatic heterocycles. The van der Waals surface area contributed by atoms with E-state index in [0.29, 0.717) is 6.54 Å². The first-order valence-electron chi connectivity index (χ1n) is 9.75. The minimum Gasteiger partial charge on any atom is -0.449 e. The van der Waals surface area contributed by atoms with Crippen LogP contribution in [0.5, 0.6) is 0 Å². The fraction of sp³-hybridized carbons (Fsp3) is 0.600. The predicted octanol–water partition coefficient (Wildman–Crippen LogP) is 1.80. The molecule has 0 bridgehead atoms. The maximum absolute atomic E-state index is 13.0. The molecule has 8 nitrogen and oxygen atoms in total. The maximum atomic E-state index is 13.0. The van der Waals surface area contributed by atoms with Gasteiger partial charge in [0.25, 0.3) is 5.91 Å². The van der Waals surface area contributed by atoms with Crippen LogP contribution in [0.15, 0.2) is 29.2 Å². The fourth-order valence-electron chi connectivity index (χ4n) is 2.99. The van der Waals surface area contributed by atoms with Crippen LogP contribution in [-0.4, -0.2) is 62.5 Å². The highest BCUT2D eigenvalue weighted by Gasteiger charge is 2.32. The standard InChI is InChI=1S/C20H30N2O6S/c1-13(2)10-21-19(23)16(5)28-20(24)17-7-6-8-18(9-17)29(25,26)22-11-14(3)27-15(4)12-22/h6-9,13-16H,10-12H2,1-5H3,(H,21,23)/t14-,15-,16-/m0/s1. The number of sulfonamides is 1. The molecule has 0 aromatic heterocycles. The number of nitrogens with zero attached hydrogens (tertiary/aromatic N) is 1. The van der Waals surface area contributed by atoms with Crippen molar-refractivity contribution in [2.75, 3.05) is 19.6 Å². The fourth-order valence-corrected chi connectivity index (χ4v) is 4.63. The topological polar surface area (TPSA) is 102 Å². The summed E-state index contributed by atoms with van der Waals surface area (Å²) in [6.45, 7) is 9.99. The molecule has 1 amide bonds. The summed E-state index contributed by atoms with van der Waals surface area (Å²) >= 11 is 0. The first-order valence-corrected chi connectivity index (χ1v) is 11.2. The largest absolute Gasteiger partial charge is 0.449 e. The molecule has 162 valence electrons. The van der Waals surface area contributed by atoms with Gasteiger partial charge in [0, 0.05) is 19.6 Å². The number of carbonyl (C=O) groups is 2. The molecule has 1 aromatic rings. The minimum atomic E-state index is -3.78. The van der Waals surface area contributed by atoms with Gasteiger partial charge in [-0.25, -0.2) is 13.2 Å². The van der Waals surface area contributed by atoms with Gasteiger partial charge in [-0.1, -0.05) is 19.9 Å². The summed E-state index contributed by atoms with van der Waals surface area (Å²) in [5.74, 6) is -0.876. The van der Waals surface area contributed by atoms with Gasteiger partial charge in [0.05, 0.1) is 22.7 Å². The summed E-state index contributed by atoms with van der Waals surface area (Å²) in [5.41, 5.74) is 0.0731. The zero-order valence-electron chi connectivity index (χ0n) is 17.5. The van der Waals surface area contributed by atoms with Crippen LogP contribution in [0, 0.1) is 5.92 Å². The molecule has 0 spiro atoms. The number of ether oxygens (including phenoxy) is 2. The van der Waals surface area contributed by atoms with Crippen LogP contribution in [0.2, 0.25) is 0 Å². The monoisotopic (exact) mass is 426 g/mol. The van der Waals surface area contributed by atoms with Crippen LogP contribution in [0.3, 0.4) is 0 Å². The van der Waals surface area contributed by atoms with E-state index in [2.05, 4.69) is 5.32 Å². The first-order chi connectivity index (χ1) is 13.5. The molecule has 0 radical (unpaired) electrons. The van der Waals surface area contributed by atoms with Gasteiger partial charge in [-0.15, -0.1) is 0 Å². The lowest BCUT2D eigenvalue weighted by molar-refractivity contribution is -0.129. The predicted molar refractivity (Wildman–Crippen MR) is 108 cm³/mol. The molecule has 2 rings (SSSR count). The zero-order chi connectivity index (χ0) is 21.8. The van der Waals surface area contributed by atoms with Crippen molar-refractivity contribution < 1.29 is 27.5 Å². The molecular formula is C20H30N2O6S. The van der Waals surface area contributed by atoms with Gasteiger partial charge in [0.2, 0.25) is 10.0 Å². The van der Waals surface area contributed by atoms with E-state index >= 15 is 0 Å². The summed E-state index contributed by atoms with van der Waals surface area (Å²) in [7, 11) is -3.78. The van der Waals surface area contributed by atoms with E-state index in [4.69, 9.17) is 9.47 Å². The number of hydrogen-bond acceptors (Lipinski definition) is 6. The third-order valence-corrected chi connectivity index (χ3v) is 6.26.